The Morgan fingerprint density at radius 3 is 2.55 bits per heavy atom. The molecular formula is C17H15NO2. The SMILES string of the molecule is CC(=O)Nc1c(-c2ccccc2)oc2ccc(C)cc12. The molecule has 0 unspecified atom stereocenters. The number of anilines is 1. The van der Waals surface area contributed by atoms with Crippen LogP contribution in [-0.2, 0) is 4.79 Å². The van der Waals surface area contributed by atoms with Gasteiger partial charge in [-0.2, -0.15) is 0 Å². The van der Waals surface area contributed by atoms with E-state index in [0.29, 0.717) is 5.76 Å². The normalized spacial score (nSPS) is 10.7. The number of amides is 1. The van der Waals surface area contributed by atoms with Crippen LogP contribution in [0.1, 0.15) is 12.5 Å². The molecular weight excluding hydrogens is 250 g/mol. The highest BCUT2D eigenvalue weighted by atomic mass is 16.3. The monoisotopic (exact) mass is 265 g/mol. The number of carbonyl (C=O) groups is 1. The van der Waals surface area contributed by atoms with Crippen LogP contribution >= 0.6 is 0 Å². The third kappa shape index (κ3) is 2.18. The summed E-state index contributed by atoms with van der Waals surface area (Å²) in [7, 11) is 0. The van der Waals surface area contributed by atoms with E-state index in [4.69, 9.17) is 4.42 Å². The van der Waals surface area contributed by atoms with Gasteiger partial charge in [0.2, 0.25) is 5.91 Å². The van der Waals surface area contributed by atoms with Gasteiger partial charge in [-0.1, -0.05) is 42.0 Å². The molecule has 3 nitrogen and oxygen atoms in total. The van der Waals surface area contributed by atoms with E-state index in [1.165, 1.54) is 6.92 Å². The first kappa shape index (κ1) is 12.5. The van der Waals surface area contributed by atoms with Gasteiger partial charge >= 0.3 is 0 Å². The Bertz CT molecular complexity index is 772. The van der Waals surface area contributed by atoms with Gasteiger partial charge in [-0.05, 0) is 19.1 Å². The van der Waals surface area contributed by atoms with Crippen molar-refractivity contribution in [3.05, 3.63) is 54.1 Å². The average molecular weight is 265 g/mol. The molecule has 0 fully saturated rings. The third-order valence-corrected chi connectivity index (χ3v) is 3.18. The van der Waals surface area contributed by atoms with E-state index in [1.807, 2.05) is 55.5 Å². The van der Waals surface area contributed by atoms with Crippen LogP contribution in [-0.4, -0.2) is 5.91 Å². The molecule has 1 amide bonds. The van der Waals surface area contributed by atoms with Crippen molar-refractivity contribution in [2.75, 3.05) is 5.32 Å². The zero-order chi connectivity index (χ0) is 14.1. The molecule has 0 aliphatic heterocycles. The lowest BCUT2D eigenvalue weighted by Crippen LogP contribution is -2.06. The van der Waals surface area contributed by atoms with Crippen molar-refractivity contribution in [1.82, 2.24) is 0 Å². The largest absolute Gasteiger partial charge is 0.454 e. The molecule has 0 saturated carbocycles. The summed E-state index contributed by atoms with van der Waals surface area (Å²) in [6.45, 7) is 3.52. The van der Waals surface area contributed by atoms with Crippen LogP contribution in [0.4, 0.5) is 5.69 Å². The van der Waals surface area contributed by atoms with Crippen LogP contribution in [0, 0.1) is 6.92 Å². The molecule has 0 radical (unpaired) electrons. The molecule has 0 atom stereocenters. The van der Waals surface area contributed by atoms with Crippen LogP contribution in [0.2, 0.25) is 0 Å². The van der Waals surface area contributed by atoms with E-state index in [2.05, 4.69) is 5.32 Å². The van der Waals surface area contributed by atoms with Gasteiger partial charge in [-0.15, -0.1) is 0 Å². The lowest BCUT2D eigenvalue weighted by Gasteiger charge is -2.03. The predicted octanol–water partition coefficient (Wildman–Crippen LogP) is 4.37. The van der Waals surface area contributed by atoms with Crippen LogP contribution in [0.3, 0.4) is 0 Å². The molecule has 3 heteroatoms. The maximum absolute atomic E-state index is 11.5. The molecule has 20 heavy (non-hydrogen) atoms. The van der Waals surface area contributed by atoms with Crippen molar-refractivity contribution in [1.29, 1.82) is 0 Å². The number of furan rings is 1. The highest BCUT2D eigenvalue weighted by Crippen LogP contribution is 2.38. The number of rotatable bonds is 2. The predicted molar refractivity (Wildman–Crippen MR) is 80.7 cm³/mol. The van der Waals surface area contributed by atoms with Gasteiger partial charge in [0.05, 0.1) is 5.69 Å². The Morgan fingerprint density at radius 2 is 1.85 bits per heavy atom. The van der Waals surface area contributed by atoms with Crippen molar-refractivity contribution >= 4 is 22.6 Å². The highest BCUT2D eigenvalue weighted by molar-refractivity contribution is 6.06. The number of nitrogens with one attached hydrogen (secondary N) is 1. The Kier molecular flexibility index (Phi) is 3.03. The Hall–Kier alpha value is -2.55. The number of hydrogen-bond acceptors (Lipinski definition) is 2. The minimum Gasteiger partial charge on any atom is -0.454 e. The smallest absolute Gasteiger partial charge is 0.221 e. The fourth-order valence-electron chi connectivity index (χ4n) is 2.30. The molecule has 100 valence electrons. The summed E-state index contributed by atoms with van der Waals surface area (Å²) >= 11 is 0. The number of hydrogen-bond donors (Lipinski definition) is 1. The molecule has 1 heterocycles. The van der Waals surface area contributed by atoms with Gasteiger partial charge in [0.25, 0.3) is 0 Å². The van der Waals surface area contributed by atoms with Gasteiger partial charge in [0.15, 0.2) is 5.76 Å². The summed E-state index contributed by atoms with van der Waals surface area (Å²) in [5.74, 6) is 0.591. The molecule has 1 N–H and O–H groups in total. The molecule has 3 rings (SSSR count). The second-order valence-electron chi connectivity index (χ2n) is 4.85. The Morgan fingerprint density at radius 1 is 1.10 bits per heavy atom. The van der Waals surface area contributed by atoms with Gasteiger partial charge in [0, 0.05) is 17.9 Å². The third-order valence-electron chi connectivity index (χ3n) is 3.18. The van der Waals surface area contributed by atoms with E-state index in [-0.39, 0.29) is 5.91 Å². The maximum atomic E-state index is 11.5. The number of fused-ring (bicyclic) bond motifs is 1. The first-order valence-corrected chi connectivity index (χ1v) is 6.51. The zero-order valence-corrected chi connectivity index (χ0v) is 11.4. The lowest BCUT2D eigenvalue weighted by molar-refractivity contribution is -0.114. The van der Waals surface area contributed by atoms with E-state index in [9.17, 15) is 4.79 Å². The molecule has 2 aromatic carbocycles. The highest BCUT2D eigenvalue weighted by Gasteiger charge is 2.16. The Balaban J connectivity index is 2.28. The number of benzene rings is 2. The first-order chi connectivity index (χ1) is 9.65. The first-order valence-electron chi connectivity index (χ1n) is 6.51. The van der Waals surface area contributed by atoms with Crippen LogP contribution in [0.15, 0.2) is 52.9 Å². The van der Waals surface area contributed by atoms with E-state index in [1.54, 1.807) is 0 Å². The second-order valence-corrected chi connectivity index (χ2v) is 4.85. The number of aryl methyl sites for hydroxylation is 1. The Labute approximate surface area is 117 Å². The van der Waals surface area contributed by atoms with Crippen LogP contribution < -0.4 is 5.32 Å². The fourth-order valence-corrected chi connectivity index (χ4v) is 2.30. The van der Waals surface area contributed by atoms with Crippen molar-refractivity contribution < 1.29 is 9.21 Å². The molecule has 1 aromatic heterocycles. The number of carbonyl (C=O) groups excluding carboxylic acids is 1. The topological polar surface area (TPSA) is 42.2 Å². The summed E-state index contributed by atoms with van der Waals surface area (Å²) in [5.41, 5.74) is 3.59. The zero-order valence-electron chi connectivity index (χ0n) is 11.4. The molecule has 0 aliphatic rings. The fraction of sp³-hybridized carbons (Fsp3) is 0.118. The molecule has 0 saturated heterocycles. The van der Waals surface area contributed by atoms with E-state index in [0.717, 1.165) is 27.8 Å². The van der Waals surface area contributed by atoms with E-state index < -0.39 is 0 Å². The van der Waals surface area contributed by atoms with Gasteiger partial charge in [-0.25, -0.2) is 0 Å². The summed E-state index contributed by atoms with van der Waals surface area (Å²) in [6.07, 6.45) is 0. The van der Waals surface area contributed by atoms with Gasteiger partial charge in [0.1, 0.15) is 5.58 Å². The maximum Gasteiger partial charge on any atom is 0.221 e. The summed E-state index contributed by atoms with van der Waals surface area (Å²) < 4.78 is 5.93. The summed E-state index contributed by atoms with van der Waals surface area (Å²) in [5, 5.41) is 3.82. The second kappa shape index (κ2) is 4.85. The van der Waals surface area contributed by atoms with E-state index >= 15 is 0 Å². The van der Waals surface area contributed by atoms with Crippen molar-refractivity contribution in [2.45, 2.75) is 13.8 Å². The minimum absolute atomic E-state index is 0.105. The van der Waals surface area contributed by atoms with Gasteiger partial charge in [-0.3, -0.25) is 4.79 Å². The van der Waals surface area contributed by atoms with Gasteiger partial charge < -0.3 is 9.73 Å². The average Bonchev–Trinajstić information content (AvgIpc) is 2.77. The van der Waals surface area contributed by atoms with Crippen LogP contribution in [0.5, 0.6) is 0 Å². The van der Waals surface area contributed by atoms with Crippen molar-refractivity contribution in [3.63, 3.8) is 0 Å². The summed E-state index contributed by atoms with van der Waals surface area (Å²) in [6, 6.07) is 15.7. The van der Waals surface area contributed by atoms with Crippen LogP contribution in [0.25, 0.3) is 22.3 Å². The molecule has 0 aliphatic carbocycles. The molecule has 0 spiro atoms. The minimum atomic E-state index is -0.105. The molecule has 0 bridgehead atoms. The van der Waals surface area contributed by atoms with Crippen molar-refractivity contribution in [3.8, 4) is 11.3 Å². The lowest BCUT2D eigenvalue weighted by atomic mass is 10.1. The quantitative estimate of drug-likeness (QED) is 0.747. The standard InChI is InChI=1S/C17H15NO2/c1-11-8-9-15-14(10-11)16(18-12(2)19)17(20-15)13-6-4-3-5-7-13/h3-10H,1-2H3,(H,18,19). The summed E-state index contributed by atoms with van der Waals surface area (Å²) in [4.78, 5) is 11.5. The van der Waals surface area contributed by atoms with Crippen molar-refractivity contribution in [2.24, 2.45) is 0 Å². The molecule has 3 aromatic rings.